The van der Waals surface area contributed by atoms with Crippen LogP contribution in [0.1, 0.15) is 0 Å². The number of nitrogens with one attached hydrogen (secondary N) is 2. The zero-order chi connectivity index (χ0) is 9.61. The summed E-state index contributed by atoms with van der Waals surface area (Å²) in [6.07, 6.45) is 0. The van der Waals surface area contributed by atoms with Gasteiger partial charge in [0.2, 0.25) is 0 Å². The second kappa shape index (κ2) is 7.92. The van der Waals surface area contributed by atoms with Crippen molar-refractivity contribution in [3.8, 4) is 0 Å². The normalized spacial score (nSPS) is 10.0. The topological polar surface area (TPSA) is 107 Å². The molecule has 9 heteroatoms. The Hall–Kier alpha value is 0.560. The fraction of sp³-hybridized carbons (Fsp3) is 0.750. The van der Waals surface area contributed by atoms with Crippen LogP contribution in [0.2, 0.25) is 0 Å². The minimum atomic E-state index is -4.26. The van der Waals surface area contributed by atoms with E-state index >= 15 is 0 Å². The predicted molar refractivity (Wildman–Crippen MR) is 47.4 cm³/mol. The molecule has 0 aromatic rings. The molecule has 0 spiro atoms. The molecule has 0 unspecified atom stereocenters. The van der Waals surface area contributed by atoms with Crippen LogP contribution in [-0.2, 0) is 10.1 Å². The summed E-state index contributed by atoms with van der Waals surface area (Å²) in [6, 6.07) is 0. The minimum absolute atomic E-state index is 0. The average Bonchev–Trinajstić information content (AvgIpc) is 1.95. The first-order valence-electron chi connectivity index (χ1n) is 3.11. The molecule has 13 heavy (non-hydrogen) atoms. The molecular formula is C4H10N3NaO3S2. The van der Waals surface area contributed by atoms with Crippen LogP contribution in [0.5, 0.6) is 0 Å². The zero-order valence-electron chi connectivity index (χ0n) is 7.24. The van der Waals surface area contributed by atoms with E-state index in [0.29, 0.717) is 13.1 Å². The van der Waals surface area contributed by atoms with Crippen molar-refractivity contribution in [2.24, 2.45) is 5.73 Å². The van der Waals surface area contributed by atoms with Crippen LogP contribution in [0.15, 0.2) is 0 Å². The molecule has 0 amide bonds. The molecule has 0 heterocycles. The van der Waals surface area contributed by atoms with Gasteiger partial charge in [0.25, 0.3) is 0 Å². The quantitative estimate of drug-likeness (QED) is 0.254. The van der Waals surface area contributed by atoms with Gasteiger partial charge in [0.15, 0.2) is 5.11 Å². The second-order valence-electron chi connectivity index (χ2n) is 1.92. The first-order valence-corrected chi connectivity index (χ1v) is 5.09. The Labute approximate surface area is 105 Å². The van der Waals surface area contributed by atoms with E-state index in [0.717, 1.165) is 0 Å². The van der Waals surface area contributed by atoms with Crippen molar-refractivity contribution in [1.82, 2.24) is 10.6 Å². The van der Waals surface area contributed by atoms with Gasteiger partial charge < -0.3 is 20.9 Å². The Balaban J connectivity index is 0. The van der Waals surface area contributed by atoms with Gasteiger partial charge in [0, 0.05) is 13.1 Å². The Morgan fingerprint density at radius 2 is 2.00 bits per heavy atom. The molecule has 0 rings (SSSR count). The largest absolute Gasteiger partial charge is 1.00 e. The molecular weight excluding hydrogens is 225 g/mol. The van der Waals surface area contributed by atoms with E-state index < -0.39 is 16.0 Å². The molecule has 72 valence electrons. The van der Waals surface area contributed by atoms with Gasteiger partial charge in [-0.05, 0) is 12.2 Å². The van der Waals surface area contributed by atoms with Crippen molar-refractivity contribution in [3.05, 3.63) is 0 Å². The van der Waals surface area contributed by atoms with Crippen molar-refractivity contribution in [2.45, 2.75) is 0 Å². The minimum Gasteiger partial charge on any atom is -0.747 e. The Morgan fingerprint density at radius 3 is 2.38 bits per heavy atom. The molecule has 0 aromatic carbocycles. The maximum atomic E-state index is 10.1. The molecule has 0 saturated heterocycles. The van der Waals surface area contributed by atoms with E-state index in [-0.39, 0.29) is 34.7 Å². The Morgan fingerprint density at radius 1 is 1.46 bits per heavy atom. The fourth-order valence-electron chi connectivity index (χ4n) is 0.402. The summed E-state index contributed by atoms with van der Waals surface area (Å²) in [5.41, 5.74) is 5.13. The molecule has 0 atom stereocenters. The summed E-state index contributed by atoms with van der Waals surface area (Å²) in [4.78, 5) is 0. The van der Waals surface area contributed by atoms with Crippen molar-refractivity contribution in [3.63, 3.8) is 0 Å². The summed E-state index contributed by atoms with van der Waals surface area (Å²) in [6.45, 7) is 0.816. The number of rotatable bonds is 4. The molecule has 0 saturated carbocycles. The van der Waals surface area contributed by atoms with Crippen LogP contribution in [0.3, 0.4) is 0 Å². The van der Waals surface area contributed by atoms with Crippen molar-refractivity contribution < 1.29 is 42.5 Å². The molecule has 4 N–H and O–H groups in total. The molecule has 6 nitrogen and oxygen atoms in total. The van der Waals surface area contributed by atoms with Crippen LogP contribution in [-0.4, -0.2) is 37.0 Å². The summed E-state index contributed by atoms with van der Waals surface area (Å²) in [5, 5.41) is 4.93. The maximum absolute atomic E-state index is 10.1. The maximum Gasteiger partial charge on any atom is 1.00 e. The van der Waals surface area contributed by atoms with Crippen LogP contribution >= 0.6 is 12.2 Å². The van der Waals surface area contributed by atoms with E-state index in [1.165, 1.54) is 0 Å². The molecule has 0 aromatic heterocycles. The van der Waals surface area contributed by atoms with E-state index in [1.807, 2.05) is 0 Å². The zero-order valence-corrected chi connectivity index (χ0v) is 10.9. The van der Waals surface area contributed by atoms with E-state index in [1.54, 1.807) is 0 Å². The molecule has 0 aliphatic carbocycles. The van der Waals surface area contributed by atoms with E-state index in [9.17, 15) is 13.0 Å². The Kier molecular flexibility index (Phi) is 9.75. The summed E-state index contributed by atoms with van der Waals surface area (Å²) >= 11 is 4.61. The summed E-state index contributed by atoms with van der Waals surface area (Å²) in [5.74, 6) is -0.705. The third kappa shape index (κ3) is 12.6. The van der Waals surface area contributed by atoms with Gasteiger partial charge in [0.05, 0.1) is 0 Å². The van der Waals surface area contributed by atoms with Gasteiger partial charge in [-0.15, -0.1) is 0 Å². The average molecular weight is 235 g/mol. The first kappa shape index (κ1) is 16.0. The summed E-state index contributed by atoms with van der Waals surface area (Å²) in [7, 11) is -4.26. The van der Waals surface area contributed by atoms with Gasteiger partial charge in [-0.2, -0.15) is 0 Å². The molecule has 0 aliphatic heterocycles. The smallest absolute Gasteiger partial charge is 0.747 e. The molecule has 0 bridgehead atoms. The van der Waals surface area contributed by atoms with Gasteiger partial charge in [-0.3, -0.25) is 0 Å². The standard InChI is InChI=1S/C4H11N3O3S2.Na/c5-1-2-6-4(11)7-3-12(8,9)10;/h1-3,5H2,(H2,6,7,11)(H,8,9,10);/q;+1/p-1. The van der Waals surface area contributed by atoms with Crippen molar-refractivity contribution >= 4 is 27.4 Å². The van der Waals surface area contributed by atoms with E-state index in [2.05, 4.69) is 22.9 Å². The molecule has 0 aliphatic rings. The van der Waals surface area contributed by atoms with Crippen molar-refractivity contribution in [1.29, 1.82) is 0 Å². The summed E-state index contributed by atoms with van der Waals surface area (Å²) < 4.78 is 30.2. The number of nitrogens with two attached hydrogens (primary N) is 1. The molecule has 0 radical (unpaired) electrons. The number of thiocarbonyl (C=S) groups is 1. The third-order valence-corrected chi connectivity index (χ3v) is 1.63. The van der Waals surface area contributed by atoms with Gasteiger partial charge >= 0.3 is 29.6 Å². The fourth-order valence-corrected chi connectivity index (χ4v) is 0.989. The van der Waals surface area contributed by atoms with Gasteiger partial charge in [-0.25, -0.2) is 8.42 Å². The van der Waals surface area contributed by atoms with Crippen LogP contribution in [0.25, 0.3) is 0 Å². The van der Waals surface area contributed by atoms with Crippen LogP contribution < -0.4 is 45.9 Å². The van der Waals surface area contributed by atoms with Crippen LogP contribution in [0, 0.1) is 0 Å². The Bertz CT molecular complexity index is 243. The number of hydrogen-bond acceptors (Lipinski definition) is 5. The van der Waals surface area contributed by atoms with Crippen LogP contribution in [0.4, 0.5) is 0 Å². The number of hydrogen-bond donors (Lipinski definition) is 3. The van der Waals surface area contributed by atoms with Gasteiger partial charge in [0.1, 0.15) is 16.0 Å². The monoisotopic (exact) mass is 235 g/mol. The third-order valence-electron chi connectivity index (χ3n) is 0.839. The first-order chi connectivity index (χ1) is 5.45. The van der Waals surface area contributed by atoms with Crippen molar-refractivity contribution in [2.75, 3.05) is 19.0 Å². The van der Waals surface area contributed by atoms with Gasteiger partial charge in [-0.1, -0.05) is 0 Å². The van der Waals surface area contributed by atoms with E-state index in [4.69, 9.17) is 5.73 Å². The predicted octanol–water partition coefficient (Wildman–Crippen LogP) is -5.08. The molecule has 0 fully saturated rings. The second-order valence-corrected chi connectivity index (χ2v) is 3.74. The SMILES string of the molecule is NCCNC(=S)NCS(=O)(=O)[O-].[Na+].